The van der Waals surface area contributed by atoms with Crippen LogP contribution in [0.15, 0.2) is 42.6 Å². The van der Waals surface area contributed by atoms with Gasteiger partial charge in [-0.2, -0.15) is 0 Å². The van der Waals surface area contributed by atoms with Gasteiger partial charge in [0.1, 0.15) is 11.6 Å². The molecule has 2 aromatic carbocycles. The first kappa shape index (κ1) is 16.1. The van der Waals surface area contributed by atoms with E-state index in [9.17, 15) is 14.3 Å². The molecule has 1 aliphatic heterocycles. The molecule has 1 fully saturated rings. The minimum absolute atomic E-state index is 0.0956. The Morgan fingerprint density at radius 1 is 1.07 bits per heavy atom. The molecule has 6 heteroatoms. The second-order valence-electron chi connectivity index (χ2n) is 7.03. The number of benzene rings is 2. The number of rotatable bonds is 2. The van der Waals surface area contributed by atoms with E-state index in [1.165, 1.54) is 6.20 Å². The molecule has 3 aromatic rings. The standard InChI is InChI=1S/C21H16FNO4/c22-14-3-4-17(24)15(9-14)20(25)13-7-12-8-18-19(10-16(12)23-11-13)27-21(26-18)5-1-2-6-21/h3-4,7-11,24H,1-2,5-6H2. The third-order valence-corrected chi connectivity index (χ3v) is 5.17. The number of phenols is 1. The van der Waals surface area contributed by atoms with Crippen LogP contribution in [0.1, 0.15) is 41.6 Å². The molecular formula is C21H16FNO4. The molecule has 5 nitrogen and oxygen atoms in total. The summed E-state index contributed by atoms with van der Waals surface area (Å²) in [6.45, 7) is 0. The molecule has 1 N–H and O–H groups in total. The third kappa shape index (κ3) is 2.60. The smallest absolute Gasteiger partial charge is 0.251 e. The Balaban J connectivity index is 1.54. The van der Waals surface area contributed by atoms with Gasteiger partial charge in [-0.3, -0.25) is 9.78 Å². The fraction of sp³-hybridized carbons (Fsp3) is 0.238. The highest BCUT2D eigenvalue weighted by Crippen LogP contribution is 2.47. The first-order valence-corrected chi connectivity index (χ1v) is 8.88. The van der Waals surface area contributed by atoms with Crippen molar-refractivity contribution in [2.24, 2.45) is 0 Å². The van der Waals surface area contributed by atoms with Gasteiger partial charge in [-0.15, -0.1) is 0 Å². The van der Waals surface area contributed by atoms with Crippen molar-refractivity contribution in [2.75, 3.05) is 0 Å². The number of aromatic hydroxyl groups is 1. The normalized spacial score (nSPS) is 16.9. The molecule has 5 rings (SSSR count). The summed E-state index contributed by atoms with van der Waals surface area (Å²) in [5.74, 6) is -0.605. The summed E-state index contributed by atoms with van der Waals surface area (Å²) in [6, 6.07) is 8.57. The number of aromatic nitrogens is 1. The topological polar surface area (TPSA) is 68.7 Å². The predicted octanol–water partition coefficient (Wildman–Crippen LogP) is 4.35. The van der Waals surface area contributed by atoms with E-state index in [0.29, 0.717) is 22.4 Å². The summed E-state index contributed by atoms with van der Waals surface area (Å²) in [5.41, 5.74) is 0.840. The zero-order valence-corrected chi connectivity index (χ0v) is 14.4. The molecule has 27 heavy (non-hydrogen) atoms. The fourth-order valence-corrected chi connectivity index (χ4v) is 3.80. The second kappa shape index (κ2) is 5.67. The summed E-state index contributed by atoms with van der Waals surface area (Å²) >= 11 is 0. The van der Waals surface area contributed by atoms with Gasteiger partial charge in [0.15, 0.2) is 17.3 Å². The van der Waals surface area contributed by atoms with Crippen LogP contribution in [0, 0.1) is 5.82 Å². The molecule has 1 aromatic heterocycles. The lowest BCUT2D eigenvalue weighted by molar-refractivity contribution is -0.0716. The maximum Gasteiger partial charge on any atom is 0.251 e. The summed E-state index contributed by atoms with van der Waals surface area (Å²) in [5, 5.41) is 10.6. The summed E-state index contributed by atoms with van der Waals surface area (Å²) < 4.78 is 25.6. The largest absolute Gasteiger partial charge is 0.507 e. The highest BCUT2D eigenvalue weighted by Gasteiger charge is 2.44. The Morgan fingerprint density at radius 2 is 1.81 bits per heavy atom. The Hall–Kier alpha value is -3.15. The summed E-state index contributed by atoms with van der Waals surface area (Å²) in [7, 11) is 0. The van der Waals surface area contributed by atoms with Crippen LogP contribution in [0.4, 0.5) is 4.39 Å². The first-order chi connectivity index (χ1) is 13.0. The van der Waals surface area contributed by atoms with E-state index >= 15 is 0 Å². The van der Waals surface area contributed by atoms with Gasteiger partial charge in [-0.05, 0) is 43.2 Å². The van der Waals surface area contributed by atoms with Crippen molar-refractivity contribution < 1.29 is 23.8 Å². The molecule has 0 saturated heterocycles. The van der Waals surface area contributed by atoms with Gasteiger partial charge in [-0.25, -0.2) is 4.39 Å². The van der Waals surface area contributed by atoms with Gasteiger partial charge in [0, 0.05) is 36.1 Å². The van der Waals surface area contributed by atoms with Crippen molar-refractivity contribution in [3.63, 3.8) is 0 Å². The average molecular weight is 365 g/mol. The molecule has 0 unspecified atom stereocenters. The number of fused-ring (bicyclic) bond motifs is 2. The van der Waals surface area contributed by atoms with Crippen LogP contribution in [-0.2, 0) is 0 Å². The van der Waals surface area contributed by atoms with E-state index < -0.39 is 17.4 Å². The number of ether oxygens (including phenoxy) is 2. The lowest BCUT2D eigenvalue weighted by Gasteiger charge is -2.21. The number of hydrogen-bond acceptors (Lipinski definition) is 5. The zero-order chi connectivity index (χ0) is 18.6. The van der Waals surface area contributed by atoms with Crippen LogP contribution in [0.25, 0.3) is 10.9 Å². The van der Waals surface area contributed by atoms with E-state index in [-0.39, 0.29) is 16.9 Å². The molecule has 2 aliphatic rings. The molecule has 136 valence electrons. The van der Waals surface area contributed by atoms with E-state index in [2.05, 4.69) is 4.98 Å². The zero-order valence-electron chi connectivity index (χ0n) is 14.4. The molecular weight excluding hydrogens is 349 g/mol. The third-order valence-electron chi connectivity index (χ3n) is 5.17. The molecule has 0 bridgehead atoms. The number of carbonyl (C=O) groups excluding carboxylic acids is 1. The molecule has 0 radical (unpaired) electrons. The number of hydrogen-bond donors (Lipinski definition) is 1. The van der Waals surface area contributed by atoms with Crippen LogP contribution in [0.5, 0.6) is 17.2 Å². The van der Waals surface area contributed by atoms with E-state index in [1.807, 2.05) is 12.1 Å². The van der Waals surface area contributed by atoms with Gasteiger partial charge in [0.25, 0.3) is 5.79 Å². The quantitative estimate of drug-likeness (QED) is 0.684. The number of ketones is 1. The van der Waals surface area contributed by atoms with Crippen molar-refractivity contribution >= 4 is 16.7 Å². The lowest BCUT2D eigenvalue weighted by Crippen LogP contribution is -2.34. The Kier molecular flexibility index (Phi) is 3.37. The summed E-state index contributed by atoms with van der Waals surface area (Å²) in [4.78, 5) is 17.0. The highest BCUT2D eigenvalue weighted by atomic mass is 19.1. The van der Waals surface area contributed by atoms with E-state index in [4.69, 9.17) is 9.47 Å². The Bertz CT molecular complexity index is 1090. The van der Waals surface area contributed by atoms with Crippen LogP contribution in [0.2, 0.25) is 0 Å². The minimum Gasteiger partial charge on any atom is -0.507 e. The van der Waals surface area contributed by atoms with Crippen LogP contribution >= 0.6 is 0 Å². The second-order valence-corrected chi connectivity index (χ2v) is 7.03. The Labute approximate surface area is 154 Å². The number of carbonyl (C=O) groups is 1. The van der Waals surface area contributed by atoms with Crippen molar-refractivity contribution in [1.29, 1.82) is 0 Å². The van der Waals surface area contributed by atoms with Crippen LogP contribution in [-0.4, -0.2) is 21.7 Å². The predicted molar refractivity (Wildman–Crippen MR) is 95.7 cm³/mol. The number of halogens is 1. The highest BCUT2D eigenvalue weighted by molar-refractivity contribution is 6.11. The number of phenolic OH excluding ortho intramolecular Hbond substituents is 1. The van der Waals surface area contributed by atoms with Crippen LogP contribution < -0.4 is 9.47 Å². The molecule has 2 heterocycles. The molecule has 1 saturated carbocycles. The van der Waals surface area contributed by atoms with Crippen molar-refractivity contribution in [2.45, 2.75) is 31.5 Å². The van der Waals surface area contributed by atoms with E-state index in [1.54, 1.807) is 6.07 Å². The Morgan fingerprint density at radius 3 is 2.59 bits per heavy atom. The number of nitrogens with zero attached hydrogens (tertiary/aromatic N) is 1. The van der Waals surface area contributed by atoms with Crippen molar-refractivity contribution in [3.05, 3.63) is 59.5 Å². The lowest BCUT2D eigenvalue weighted by atomic mass is 10.0. The van der Waals surface area contributed by atoms with Gasteiger partial charge < -0.3 is 14.6 Å². The van der Waals surface area contributed by atoms with Crippen molar-refractivity contribution in [3.8, 4) is 17.2 Å². The summed E-state index contributed by atoms with van der Waals surface area (Å²) in [6.07, 6.45) is 5.27. The van der Waals surface area contributed by atoms with Gasteiger partial charge in [0.05, 0.1) is 11.1 Å². The molecule has 0 atom stereocenters. The first-order valence-electron chi connectivity index (χ1n) is 8.88. The van der Waals surface area contributed by atoms with Gasteiger partial charge in [-0.1, -0.05) is 0 Å². The number of pyridine rings is 1. The fourth-order valence-electron chi connectivity index (χ4n) is 3.80. The van der Waals surface area contributed by atoms with Crippen LogP contribution in [0.3, 0.4) is 0 Å². The maximum atomic E-state index is 13.5. The average Bonchev–Trinajstić information content (AvgIpc) is 3.26. The SMILES string of the molecule is O=C(c1cnc2cc3c(cc2c1)OC1(CCCC1)O3)c1cc(F)ccc1O. The van der Waals surface area contributed by atoms with E-state index in [0.717, 1.165) is 43.9 Å². The van der Waals surface area contributed by atoms with Crippen molar-refractivity contribution in [1.82, 2.24) is 4.98 Å². The van der Waals surface area contributed by atoms with Gasteiger partial charge >= 0.3 is 0 Å². The van der Waals surface area contributed by atoms with Gasteiger partial charge in [0.2, 0.25) is 0 Å². The molecule has 0 amide bonds. The monoisotopic (exact) mass is 365 g/mol. The molecule has 1 aliphatic carbocycles. The minimum atomic E-state index is -0.588. The maximum absolute atomic E-state index is 13.5. The molecule has 1 spiro atoms.